The molecule has 0 aromatic rings. The molecule has 1 N–H and O–H groups in total. The normalized spacial score (nSPS) is 40.3. The van der Waals surface area contributed by atoms with Gasteiger partial charge in [0.25, 0.3) is 0 Å². The predicted octanol–water partition coefficient (Wildman–Crippen LogP) is 1.90. The van der Waals surface area contributed by atoms with E-state index in [-0.39, 0.29) is 0 Å². The van der Waals surface area contributed by atoms with Crippen molar-refractivity contribution in [1.82, 2.24) is 4.90 Å². The smallest absolute Gasteiger partial charge is 0.0658 e. The van der Waals surface area contributed by atoms with E-state index >= 15 is 0 Å². The van der Waals surface area contributed by atoms with Gasteiger partial charge in [-0.3, -0.25) is 0 Å². The highest BCUT2D eigenvalue weighted by molar-refractivity contribution is 5.06. The number of allylic oxidation sites excluding steroid dienone is 1. The van der Waals surface area contributed by atoms with Gasteiger partial charge in [-0.2, -0.15) is 0 Å². The van der Waals surface area contributed by atoms with Gasteiger partial charge in [0.05, 0.1) is 5.60 Å². The average molecular weight is 181 g/mol. The van der Waals surface area contributed by atoms with Crippen LogP contribution >= 0.6 is 0 Å². The van der Waals surface area contributed by atoms with Gasteiger partial charge in [-0.15, -0.1) is 0 Å². The van der Waals surface area contributed by atoms with E-state index in [9.17, 15) is 5.11 Å². The second-order valence-corrected chi connectivity index (χ2v) is 4.78. The van der Waals surface area contributed by atoms with E-state index in [2.05, 4.69) is 11.5 Å². The van der Waals surface area contributed by atoms with Crippen LogP contribution in [-0.4, -0.2) is 28.2 Å². The second-order valence-electron chi connectivity index (χ2n) is 4.78. The van der Waals surface area contributed by atoms with Crippen molar-refractivity contribution in [2.75, 3.05) is 6.54 Å². The summed E-state index contributed by atoms with van der Waals surface area (Å²) >= 11 is 0. The third-order valence-corrected chi connectivity index (χ3v) is 3.31. The fraction of sp³-hybridized carbons (Fsp3) is 0.818. The zero-order valence-electron chi connectivity index (χ0n) is 8.42. The summed E-state index contributed by atoms with van der Waals surface area (Å²) < 4.78 is 0. The van der Waals surface area contributed by atoms with Crippen LogP contribution in [-0.2, 0) is 0 Å². The van der Waals surface area contributed by atoms with Crippen LogP contribution in [0.1, 0.15) is 39.0 Å². The summed E-state index contributed by atoms with van der Waals surface area (Å²) in [6, 6.07) is 0.572. The molecule has 1 saturated heterocycles. The molecule has 2 heteroatoms. The lowest BCUT2D eigenvalue weighted by atomic mass is 9.75. The summed E-state index contributed by atoms with van der Waals surface area (Å²) in [5, 5.41) is 9.64. The summed E-state index contributed by atoms with van der Waals surface area (Å²) in [5.74, 6) is 0. The van der Waals surface area contributed by atoms with Crippen molar-refractivity contribution in [1.29, 1.82) is 0 Å². The van der Waals surface area contributed by atoms with Gasteiger partial charge in [-0.1, -0.05) is 6.58 Å². The molecule has 0 spiro atoms. The minimum Gasteiger partial charge on any atom is -0.390 e. The van der Waals surface area contributed by atoms with Crippen molar-refractivity contribution in [3.05, 3.63) is 12.3 Å². The standard InChI is InChI=1S/C11H19NO/c1-9-5-3-4-6-12(9)10-7-11(2,13)8-10/h10,13H,1,3-8H2,2H3. The molecule has 2 fully saturated rings. The molecule has 0 unspecified atom stereocenters. The van der Waals surface area contributed by atoms with Gasteiger partial charge >= 0.3 is 0 Å². The Kier molecular flexibility index (Phi) is 2.11. The maximum atomic E-state index is 9.64. The summed E-state index contributed by atoms with van der Waals surface area (Å²) in [4.78, 5) is 2.40. The zero-order valence-corrected chi connectivity index (χ0v) is 8.42. The molecule has 1 heterocycles. The molecule has 0 radical (unpaired) electrons. The minimum atomic E-state index is -0.400. The molecule has 1 saturated carbocycles. The van der Waals surface area contributed by atoms with Crippen LogP contribution in [0.5, 0.6) is 0 Å². The van der Waals surface area contributed by atoms with Crippen molar-refractivity contribution < 1.29 is 5.11 Å². The Labute approximate surface area is 80.2 Å². The van der Waals surface area contributed by atoms with Gasteiger partial charge < -0.3 is 10.0 Å². The number of rotatable bonds is 1. The van der Waals surface area contributed by atoms with E-state index in [4.69, 9.17) is 0 Å². The van der Waals surface area contributed by atoms with E-state index in [1.165, 1.54) is 18.5 Å². The number of aliphatic hydroxyl groups is 1. The fourth-order valence-corrected chi connectivity index (χ4v) is 2.53. The molecule has 1 aliphatic carbocycles. The van der Waals surface area contributed by atoms with Crippen molar-refractivity contribution in [2.24, 2.45) is 0 Å². The molecule has 0 atom stereocenters. The molecule has 0 bridgehead atoms. The summed E-state index contributed by atoms with van der Waals surface area (Å²) in [6.45, 7) is 7.17. The first-order valence-corrected chi connectivity index (χ1v) is 5.25. The molecular formula is C11H19NO. The van der Waals surface area contributed by atoms with Crippen LogP contribution in [0.2, 0.25) is 0 Å². The molecule has 2 rings (SSSR count). The monoisotopic (exact) mass is 181 g/mol. The molecule has 0 aromatic heterocycles. The number of hydrogen-bond acceptors (Lipinski definition) is 2. The van der Waals surface area contributed by atoms with Gasteiger partial charge in [0.2, 0.25) is 0 Å². The molecule has 74 valence electrons. The average Bonchev–Trinajstić information content (AvgIpc) is 2.01. The number of piperidine rings is 1. The molecule has 0 aromatic carbocycles. The number of hydrogen-bond donors (Lipinski definition) is 1. The maximum absolute atomic E-state index is 9.64. The first-order valence-electron chi connectivity index (χ1n) is 5.25. The highest BCUT2D eigenvalue weighted by atomic mass is 16.3. The zero-order chi connectivity index (χ0) is 9.47. The Bertz CT molecular complexity index is 214. The van der Waals surface area contributed by atoms with E-state index in [0.717, 1.165) is 25.8 Å². The number of nitrogens with zero attached hydrogens (tertiary/aromatic N) is 1. The Morgan fingerprint density at radius 1 is 1.46 bits per heavy atom. The Balaban J connectivity index is 1.91. The summed E-state index contributed by atoms with van der Waals surface area (Å²) in [5.41, 5.74) is 0.884. The van der Waals surface area contributed by atoms with E-state index < -0.39 is 5.60 Å². The molecular weight excluding hydrogens is 162 g/mol. The second kappa shape index (κ2) is 3.02. The van der Waals surface area contributed by atoms with E-state index in [1.807, 2.05) is 6.92 Å². The van der Waals surface area contributed by atoms with Gasteiger partial charge in [0.1, 0.15) is 0 Å². The first kappa shape index (κ1) is 9.07. The predicted molar refractivity (Wildman–Crippen MR) is 53.3 cm³/mol. The van der Waals surface area contributed by atoms with Crippen LogP contribution in [0.25, 0.3) is 0 Å². The van der Waals surface area contributed by atoms with E-state index in [1.54, 1.807) is 0 Å². The molecule has 2 nitrogen and oxygen atoms in total. The van der Waals surface area contributed by atoms with Crippen LogP contribution in [0.4, 0.5) is 0 Å². The van der Waals surface area contributed by atoms with Gasteiger partial charge in [-0.25, -0.2) is 0 Å². The lowest BCUT2D eigenvalue weighted by molar-refractivity contribution is -0.0725. The van der Waals surface area contributed by atoms with Crippen LogP contribution in [0.15, 0.2) is 12.3 Å². The largest absolute Gasteiger partial charge is 0.390 e. The Morgan fingerprint density at radius 2 is 2.15 bits per heavy atom. The number of likely N-dealkylation sites (tertiary alicyclic amines) is 1. The molecule has 2 aliphatic rings. The molecule has 13 heavy (non-hydrogen) atoms. The van der Waals surface area contributed by atoms with Crippen molar-refractivity contribution in [2.45, 2.75) is 50.7 Å². The van der Waals surface area contributed by atoms with Crippen molar-refractivity contribution in [3.8, 4) is 0 Å². The van der Waals surface area contributed by atoms with Gasteiger partial charge in [-0.05, 0) is 39.0 Å². The fourth-order valence-electron chi connectivity index (χ4n) is 2.53. The Morgan fingerprint density at radius 3 is 2.69 bits per heavy atom. The summed E-state index contributed by atoms with van der Waals surface area (Å²) in [6.07, 6.45) is 5.58. The van der Waals surface area contributed by atoms with Crippen LogP contribution < -0.4 is 0 Å². The highest BCUT2D eigenvalue weighted by Gasteiger charge is 2.42. The Hall–Kier alpha value is -0.500. The highest BCUT2D eigenvalue weighted by Crippen LogP contribution is 2.38. The van der Waals surface area contributed by atoms with E-state index in [0.29, 0.717) is 6.04 Å². The molecule has 1 aliphatic heterocycles. The first-order chi connectivity index (χ1) is 6.08. The van der Waals surface area contributed by atoms with Gasteiger partial charge in [0, 0.05) is 18.3 Å². The van der Waals surface area contributed by atoms with Gasteiger partial charge in [0.15, 0.2) is 0 Å². The van der Waals surface area contributed by atoms with Crippen molar-refractivity contribution >= 4 is 0 Å². The minimum absolute atomic E-state index is 0.400. The third-order valence-electron chi connectivity index (χ3n) is 3.31. The van der Waals surface area contributed by atoms with Crippen LogP contribution in [0.3, 0.4) is 0 Å². The SMILES string of the molecule is C=C1CCCCN1C1CC(C)(O)C1. The third kappa shape index (κ3) is 1.73. The lowest BCUT2D eigenvalue weighted by Gasteiger charge is -2.49. The lowest BCUT2D eigenvalue weighted by Crippen LogP contribution is -2.53. The van der Waals surface area contributed by atoms with Crippen molar-refractivity contribution in [3.63, 3.8) is 0 Å². The maximum Gasteiger partial charge on any atom is 0.0658 e. The van der Waals surface area contributed by atoms with Crippen LogP contribution in [0, 0.1) is 0 Å². The quantitative estimate of drug-likeness (QED) is 0.668. The summed E-state index contributed by atoms with van der Waals surface area (Å²) in [7, 11) is 0. The topological polar surface area (TPSA) is 23.5 Å². The molecule has 0 amide bonds.